The Hall–Kier alpha value is -1.61. The van der Waals surface area contributed by atoms with Crippen molar-refractivity contribution in [3.63, 3.8) is 0 Å². The summed E-state index contributed by atoms with van der Waals surface area (Å²) in [6.45, 7) is 3.19. The van der Waals surface area contributed by atoms with Gasteiger partial charge in [0.25, 0.3) is 0 Å². The lowest BCUT2D eigenvalue weighted by molar-refractivity contribution is -0.116. The number of anilines is 1. The molecule has 0 heterocycles. The third-order valence-corrected chi connectivity index (χ3v) is 4.33. The van der Waals surface area contributed by atoms with Crippen LogP contribution in [0.25, 0.3) is 0 Å². The maximum atomic E-state index is 13.4. The van der Waals surface area contributed by atoms with Gasteiger partial charge in [-0.1, -0.05) is 0 Å². The van der Waals surface area contributed by atoms with Gasteiger partial charge >= 0.3 is 0 Å². The highest BCUT2D eigenvalue weighted by Crippen LogP contribution is 2.19. The van der Waals surface area contributed by atoms with Crippen molar-refractivity contribution in [2.24, 2.45) is 0 Å². The van der Waals surface area contributed by atoms with Gasteiger partial charge in [-0.05, 0) is 26.0 Å². The number of carbonyl (C=O) groups excluding carboxylic acids is 1. The number of rotatable bonds is 6. The van der Waals surface area contributed by atoms with Crippen LogP contribution in [0.3, 0.4) is 0 Å². The van der Waals surface area contributed by atoms with E-state index in [2.05, 4.69) is 5.32 Å². The van der Waals surface area contributed by atoms with E-state index >= 15 is 0 Å². The Kier molecular flexibility index (Phi) is 5.95. The van der Waals surface area contributed by atoms with Crippen LogP contribution in [0.5, 0.6) is 0 Å². The molecule has 0 radical (unpaired) electrons. The molecule has 1 rings (SSSR count). The van der Waals surface area contributed by atoms with Crippen molar-refractivity contribution in [3.8, 4) is 0 Å². The summed E-state index contributed by atoms with van der Waals surface area (Å²) in [5, 5.41) is 2.08. The van der Waals surface area contributed by atoms with Gasteiger partial charge in [-0.25, -0.2) is 21.6 Å². The number of sulfonamides is 1. The van der Waals surface area contributed by atoms with Gasteiger partial charge in [-0.15, -0.1) is 0 Å². The van der Waals surface area contributed by atoms with Gasteiger partial charge in [-0.2, -0.15) is 4.31 Å². The smallest absolute Gasteiger partial charge is 0.225 e. The lowest BCUT2D eigenvalue weighted by Gasteiger charge is -2.23. The molecule has 0 aromatic heterocycles. The van der Waals surface area contributed by atoms with Gasteiger partial charge in [0.15, 0.2) is 17.5 Å². The molecular formula is C13H17F3N2O3S. The summed E-state index contributed by atoms with van der Waals surface area (Å²) in [6.07, 6.45) is 0.767. The van der Waals surface area contributed by atoms with Crippen molar-refractivity contribution < 1.29 is 26.4 Å². The zero-order valence-electron chi connectivity index (χ0n) is 12.4. The molecule has 22 heavy (non-hydrogen) atoms. The van der Waals surface area contributed by atoms with Crippen LogP contribution in [0.1, 0.15) is 20.3 Å². The molecule has 0 saturated carbocycles. The average molecular weight is 338 g/mol. The van der Waals surface area contributed by atoms with E-state index in [1.54, 1.807) is 13.8 Å². The van der Waals surface area contributed by atoms with Crippen molar-refractivity contribution >= 4 is 21.6 Å². The van der Waals surface area contributed by atoms with Crippen molar-refractivity contribution in [3.05, 3.63) is 29.6 Å². The van der Waals surface area contributed by atoms with Crippen molar-refractivity contribution in [2.45, 2.75) is 26.3 Å². The highest BCUT2D eigenvalue weighted by Gasteiger charge is 2.21. The second-order valence-electron chi connectivity index (χ2n) is 4.99. The quantitative estimate of drug-likeness (QED) is 0.808. The van der Waals surface area contributed by atoms with E-state index in [1.165, 1.54) is 0 Å². The van der Waals surface area contributed by atoms with Gasteiger partial charge < -0.3 is 5.32 Å². The molecule has 1 aromatic carbocycles. The number of carbonyl (C=O) groups is 1. The summed E-state index contributed by atoms with van der Waals surface area (Å²) in [5.41, 5.74) is -0.501. The average Bonchev–Trinajstić information content (AvgIpc) is 2.37. The van der Waals surface area contributed by atoms with Crippen LogP contribution in [0.4, 0.5) is 18.9 Å². The molecule has 0 aliphatic rings. The molecule has 0 aliphatic carbocycles. The molecule has 0 atom stereocenters. The van der Waals surface area contributed by atoms with E-state index in [4.69, 9.17) is 0 Å². The predicted octanol–water partition coefficient (Wildman–Crippen LogP) is 2.10. The van der Waals surface area contributed by atoms with Crippen LogP contribution in [-0.2, 0) is 14.8 Å². The normalized spacial score (nSPS) is 12.0. The van der Waals surface area contributed by atoms with Crippen LogP contribution >= 0.6 is 0 Å². The number of benzene rings is 1. The number of amides is 1. The second-order valence-corrected chi connectivity index (χ2v) is 6.92. The van der Waals surface area contributed by atoms with Crippen molar-refractivity contribution in [2.75, 3.05) is 18.1 Å². The number of halogens is 3. The summed E-state index contributed by atoms with van der Waals surface area (Å²) in [5.74, 6) is -5.26. The Bertz CT molecular complexity index is 663. The highest BCUT2D eigenvalue weighted by atomic mass is 32.2. The third-order valence-electron chi connectivity index (χ3n) is 2.87. The topological polar surface area (TPSA) is 66.5 Å². The third kappa shape index (κ3) is 4.70. The van der Waals surface area contributed by atoms with E-state index in [9.17, 15) is 26.4 Å². The molecule has 1 amide bonds. The second kappa shape index (κ2) is 7.10. The first kappa shape index (κ1) is 18.4. The van der Waals surface area contributed by atoms with E-state index in [-0.39, 0.29) is 19.0 Å². The number of nitrogens with one attached hydrogen (secondary N) is 1. The molecule has 0 saturated heterocycles. The van der Waals surface area contributed by atoms with Gasteiger partial charge in [0, 0.05) is 19.0 Å². The van der Waals surface area contributed by atoms with Gasteiger partial charge in [0.1, 0.15) is 0 Å². The fourth-order valence-electron chi connectivity index (χ4n) is 1.85. The molecule has 0 fully saturated rings. The molecule has 0 unspecified atom stereocenters. The molecule has 124 valence electrons. The first-order chi connectivity index (χ1) is 10.0. The standard InChI is InChI=1S/C13H17F3N2O3S/c1-8(2)18(22(3,20)21)7-6-11(19)17-10-5-4-9(14)12(15)13(10)16/h4-5,8H,6-7H2,1-3H3,(H,17,19). The minimum Gasteiger partial charge on any atom is -0.323 e. The highest BCUT2D eigenvalue weighted by molar-refractivity contribution is 7.88. The summed E-state index contributed by atoms with van der Waals surface area (Å²) >= 11 is 0. The van der Waals surface area contributed by atoms with Crippen LogP contribution in [-0.4, -0.2) is 37.5 Å². The number of hydrogen-bond donors (Lipinski definition) is 1. The summed E-state index contributed by atoms with van der Waals surface area (Å²) < 4.78 is 63.4. The van der Waals surface area contributed by atoms with Gasteiger partial charge in [0.2, 0.25) is 15.9 Å². The fourth-order valence-corrected chi connectivity index (χ4v) is 3.04. The Labute approximate surface area is 127 Å². The summed E-state index contributed by atoms with van der Waals surface area (Å²) in [6, 6.07) is 1.23. The van der Waals surface area contributed by atoms with E-state index in [1.807, 2.05) is 0 Å². The zero-order chi connectivity index (χ0) is 17.1. The van der Waals surface area contributed by atoms with Gasteiger partial charge in [0.05, 0.1) is 11.9 Å². The minimum absolute atomic E-state index is 0.104. The fraction of sp³-hybridized carbons (Fsp3) is 0.462. The number of hydrogen-bond acceptors (Lipinski definition) is 3. The SMILES string of the molecule is CC(C)N(CCC(=O)Nc1ccc(F)c(F)c1F)S(C)(=O)=O. The van der Waals surface area contributed by atoms with Crippen LogP contribution in [0.15, 0.2) is 12.1 Å². The minimum atomic E-state index is -3.48. The molecule has 0 bridgehead atoms. The number of nitrogens with zero attached hydrogens (tertiary/aromatic N) is 1. The molecule has 0 spiro atoms. The molecule has 1 N–H and O–H groups in total. The molecule has 0 aliphatic heterocycles. The lowest BCUT2D eigenvalue weighted by atomic mass is 10.2. The maximum Gasteiger partial charge on any atom is 0.225 e. The maximum absolute atomic E-state index is 13.4. The van der Waals surface area contributed by atoms with Crippen LogP contribution in [0, 0.1) is 17.5 Å². The summed E-state index contributed by atoms with van der Waals surface area (Å²) in [7, 11) is -3.48. The molecule has 9 heteroatoms. The first-order valence-electron chi connectivity index (χ1n) is 6.44. The molecule has 1 aromatic rings. The van der Waals surface area contributed by atoms with E-state index in [0.717, 1.165) is 16.6 Å². The van der Waals surface area contributed by atoms with E-state index < -0.39 is 39.1 Å². The van der Waals surface area contributed by atoms with Crippen molar-refractivity contribution in [1.29, 1.82) is 0 Å². The Morgan fingerprint density at radius 2 is 1.82 bits per heavy atom. The van der Waals surface area contributed by atoms with E-state index in [0.29, 0.717) is 6.07 Å². The monoisotopic (exact) mass is 338 g/mol. The molecular weight excluding hydrogens is 321 g/mol. The Balaban J connectivity index is 2.74. The van der Waals surface area contributed by atoms with Crippen LogP contribution in [0.2, 0.25) is 0 Å². The van der Waals surface area contributed by atoms with Crippen molar-refractivity contribution in [1.82, 2.24) is 4.31 Å². The lowest BCUT2D eigenvalue weighted by Crippen LogP contribution is -2.38. The summed E-state index contributed by atoms with van der Waals surface area (Å²) in [4.78, 5) is 11.7. The zero-order valence-corrected chi connectivity index (χ0v) is 13.2. The first-order valence-corrected chi connectivity index (χ1v) is 8.29. The Morgan fingerprint density at radius 1 is 1.23 bits per heavy atom. The van der Waals surface area contributed by atoms with Gasteiger partial charge in [-0.3, -0.25) is 4.79 Å². The molecule has 5 nitrogen and oxygen atoms in total. The van der Waals surface area contributed by atoms with Crippen LogP contribution < -0.4 is 5.32 Å². The Morgan fingerprint density at radius 3 is 2.32 bits per heavy atom. The predicted molar refractivity (Wildman–Crippen MR) is 76.2 cm³/mol. The largest absolute Gasteiger partial charge is 0.323 e.